The lowest BCUT2D eigenvalue weighted by molar-refractivity contribution is 0.101. The van der Waals surface area contributed by atoms with Gasteiger partial charge in [0.2, 0.25) is 0 Å². The Morgan fingerprint density at radius 2 is 1.90 bits per heavy atom. The minimum Gasteiger partial charge on any atom is -0.507 e. The van der Waals surface area contributed by atoms with Crippen LogP contribution in [0.3, 0.4) is 0 Å². The van der Waals surface area contributed by atoms with Gasteiger partial charge in [0, 0.05) is 24.8 Å². The number of Topliss-reactive ketones (excluding diaryl/α,β-unsaturated/α-hetero) is 1. The maximum Gasteiger partial charge on any atom is 0.163 e. The maximum absolute atomic E-state index is 11.4. The fourth-order valence-electron chi connectivity index (χ4n) is 2.94. The van der Waals surface area contributed by atoms with Gasteiger partial charge < -0.3 is 10.0 Å². The summed E-state index contributed by atoms with van der Waals surface area (Å²) < 4.78 is 0. The van der Waals surface area contributed by atoms with Crippen LogP contribution in [-0.4, -0.2) is 17.4 Å². The van der Waals surface area contributed by atoms with E-state index in [0.29, 0.717) is 5.56 Å². The number of nitrogens with zero attached hydrogens (tertiary/aromatic N) is 1. The van der Waals surface area contributed by atoms with Crippen LogP contribution in [0.5, 0.6) is 5.75 Å². The quantitative estimate of drug-likeness (QED) is 0.856. The number of fused-ring (bicyclic) bond motifs is 1. The number of aromatic hydroxyl groups is 1. The Morgan fingerprint density at radius 1 is 1.14 bits per heavy atom. The summed E-state index contributed by atoms with van der Waals surface area (Å²) in [6, 6.07) is 13.8. The van der Waals surface area contributed by atoms with Crippen LogP contribution in [-0.2, 0) is 13.0 Å². The third-order valence-corrected chi connectivity index (χ3v) is 4.08. The number of phenols is 1. The molecule has 0 aromatic heterocycles. The molecule has 108 valence electrons. The van der Waals surface area contributed by atoms with E-state index in [1.807, 2.05) is 6.07 Å². The Balaban J connectivity index is 1.91. The first-order valence-electron chi connectivity index (χ1n) is 7.31. The normalized spacial score (nSPS) is 14.4. The van der Waals surface area contributed by atoms with Crippen LogP contribution < -0.4 is 4.90 Å². The van der Waals surface area contributed by atoms with Gasteiger partial charge in [-0.05, 0) is 43.0 Å². The van der Waals surface area contributed by atoms with E-state index in [9.17, 15) is 9.90 Å². The monoisotopic (exact) mass is 281 g/mol. The largest absolute Gasteiger partial charge is 0.507 e. The van der Waals surface area contributed by atoms with Crippen molar-refractivity contribution in [2.24, 2.45) is 0 Å². The van der Waals surface area contributed by atoms with Gasteiger partial charge in [-0.25, -0.2) is 0 Å². The van der Waals surface area contributed by atoms with E-state index in [0.717, 1.165) is 31.6 Å². The average molecular weight is 281 g/mol. The van der Waals surface area contributed by atoms with Crippen molar-refractivity contribution in [1.82, 2.24) is 0 Å². The molecular weight excluding hydrogens is 262 g/mol. The number of benzene rings is 2. The van der Waals surface area contributed by atoms with Gasteiger partial charge in [-0.2, -0.15) is 0 Å². The molecule has 3 rings (SSSR count). The third kappa shape index (κ3) is 2.77. The summed E-state index contributed by atoms with van der Waals surface area (Å²) in [4.78, 5) is 13.7. The lowest BCUT2D eigenvalue weighted by atomic mass is 10.0. The predicted molar refractivity (Wildman–Crippen MR) is 83.9 cm³/mol. The molecule has 2 aromatic rings. The number of aryl methyl sites for hydroxylation is 1. The minimum absolute atomic E-state index is 0.0672. The summed E-state index contributed by atoms with van der Waals surface area (Å²) in [6.45, 7) is 3.26. The van der Waals surface area contributed by atoms with E-state index < -0.39 is 0 Å². The highest BCUT2D eigenvalue weighted by molar-refractivity contribution is 5.97. The predicted octanol–water partition coefficient (Wildman–Crippen LogP) is 3.55. The summed E-state index contributed by atoms with van der Waals surface area (Å²) in [5.41, 5.74) is 4.10. The van der Waals surface area contributed by atoms with Gasteiger partial charge in [0.25, 0.3) is 0 Å². The Kier molecular flexibility index (Phi) is 3.65. The summed E-state index contributed by atoms with van der Waals surface area (Å²) >= 11 is 0. The Morgan fingerprint density at radius 3 is 2.62 bits per heavy atom. The Labute approximate surface area is 124 Å². The van der Waals surface area contributed by atoms with Crippen LogP contribution in [0.25, 0.3) is 0 Å². The van der Waals surface area contributed by atoms with E-state index in [1.165, 1.54) is 18.1 Å². The fourth-order valence-corrected chi connectivity index (χ4v) is 2.94. The Bertz CT molecular complexity index is 679. The van der Waals surface area contributed by atoms with Crippen LogP contribution in [0.1, 0.15) is 34.8 Å². The van der Waals surface area contributed by atoms with Crippen molar-refractivity contribution in [1.29, 1.82) is 0 Å². The van der Waals surface area contributed by atoms with Gasteiger partial charge in [0.15, 0.2) is 5.78 Å². The lowest BCUT2D eigenvalue weighted by Gasteiger charge is -2.23. The first kappa shape index (κ1) is 13.7. The van der Waals surface area contributed by atoms with Crippen LogP contribution >= 0.6 is 0 Å². The van der Waals surface area contributed by atoms with Crippen molar-refractivity contribution in [3.63, 3.8) is 0 Å². The zero-order valence-corrected chi connectivity index (χ0v) is 12.2. The van der Waals surface area contributed by atoms with Crippen molar-refractivity contribution < 1.29 is 9.90 Å². The second kappa shape index (κ2) is 5.60. The van der Waals surface area contributed by atoms with Gasteiger partial charge >= 0.3 is 0 Å². The number of phenolic OH excluding ortho intramolecular Hbond substituents is 1. The molecule has 1 N–H and O–H groups in total. The molecule has 21 heavy (non-hydrogen) atoms. The van der Waals surface area contributed by atoms with Crippen molar-refractivity contribution >= 4 is 11.5 Å². The van der Waals surface area contributed by atoms with Crippen LogP contribution in [0, 0.1) is 0 Å². The van der Waals surface area contributed by atoms with Crippen molar-refractivity contribution in [2.75, 3.05) is 11.4 Å². The Hall–Kier alpha value is -2.29. The number of carbonyl (C=O) groups excluding carboxylic acids is 1. The highest BCUT2D eigenvalue weighted by Crippen LogP contribution is 2.28. The summed E-state index contributed by atoms with van der Waals surface area (Å²) in [5, 5.41) is 10.0. The van der Waals surface area contributed by atoms with Crippen molar-refractivity contribution in [3.05, 3.63) is 59.2 Å². The molecule has 1 heterocycles. The number of carbonyl (C=O) groups is 1. The number of hydrogen-bond acceptors (Lipinski definition) is 3. The maximum atomic E-state index is 11.4. The molecule has 0 unspecified atom stereocenters. The van der Waals surface area contributed by atoms with E-state index >= 15 is 0 Å². The number of rotatable bonds is 2. The fraction of sp³-hybridized carbons (Fsp3) is 0.278. The highest BCUT2D eigenvalue weighted by Gasteiger charge is 2.16. The molecule has 0 saturated carbocycles. The van der Waals surface area contributed by atoms with Gasteiger partial charge in [-0.15, -0.1) is 0 Å². The number of hydrogen-bond donors (Lipinski definition) is 1. The van der Waals surface area contributed by atoms with Crippen LogP contribution in [0.4, 0.5) is 5.69 Å². The van der Waals surface area contributed by atoms with Crippen LogP contribution in [0.2, 0.25) is 0 Å². The van der Waals surface area contributed by atoms with Crippen LogP contribution in [0.15, 0.2) is 42.5 Å². The summed E-state index contributed by atoms with van der Waals surface area (Å²) in [6.07, 6.45) is 2.18. The van der Waals surface area contributed by atoms with E-state index in [1.54, 1.807) is 12.1 Å². The molecule has 0 spiro atoms. The third-order valence-electron chi connectivity index (χ3n) is 4.08. The molecule has 0 bridgehead atoms. The van der Waals surface area contributed by atoms with E-state index in [2.05, 4.69) is 29.2 Å². The SMILES string of the molecule is CC(=O)c1ccc(N2CCCc3ccccc3C2)cc1O. The summed E-state index contributed by atoms with van der Waals surface area (Å²) in [5.74, 6) is -0.0437. The molecule has 0 atom stereocenters. The molecule has 3 heteroatoms. The standard InChI is InChI=1S/C18H19NO2/c1-13(20)17-9-8-16(11-18(17)21)19-10-4-7-14-5-2-3-6-15(14)12-19/h2-3,5-6,8-9,11,21H,4,7,10,12H2,1H3. The number of ketones is 1. The molecule has 2 aromatic carbocycles. The molecule has 0 radical (unpaired) electrons. The molecule has 0 fully saturated rings. The van der Waals surface area contributed by atoms with E-state index in [4.69, 9.17) is 0 Å². The van der Waals surface area contributed by atoms with Crippen molar-refractivity contribution in [3.8, 4) is 5.75 Å². The molecule has 1 aliphatic rings. The average Bonchev–Trinajstić information content (AvgIpc) is 2.68. The highest BCUT2D eigenvalue weighted by atomic mass is 16.3. The molecule has 1 aliphatic heterocycles. The smallest absolute Gasteiger partial charge is 0.163 e. The summed E-state index contributed by atoms with van der Waals surface area (Å²) in [7, 11) is 0. The second-order valence-electron chi connectivity index (χ2n) is 5.55. The molecule has 0 aliphatic carbocycles. The minimum atomic E-state index is -0.111. The van der Waals surface area contributed by atoms with Gasteiger partial charge in [0.1, 0.15) is 5.75 Å². The first-order valence-corrected chi connectivity index (χ1v) is 7.31. The number of anilines is 1. The molecule has 3 nitrogen and oxygen atoms in total. The first-order chi connectivity index (χ1) is 10.1. The molecule has 0 saturated heterocycles. The van der Waals surface area contributed by atoms with Gasteiger partial charge in [0.05, 0.1) is 5.56 Å². The topological polar surface area (TPSA) is 40.5 Å². The van der Waals surface area contributed by atoms with Crippen molar-refractivity contribution in [2.45, 2.75) is 26.3 Å². The van der Waals surface area contributed by atoms with Gasteiger partial charge in [-0.1, -0.05) is 24.3 Å². The van der Waals surface area contributed by atoms with Gasteiger partial charge in [-0.3, -0.25) is 4.79 Å². The zero-order chi connectivity index (χ0) is 14.8. The zero-order valence-electron chi connectivity index (χ0n) is 12.2. The lowest BCUT2D eigenvalue weighted by Crippen LogP contribution is -2.22. The molecular formula is C18H19NO2. The second-order valence-corrected chi connectivity index (χ2v) is 5.55. The van der Waals surface area contributed by atoms with E-state index in [-0.39, 0.29) is 11.5 Å². The molecule has 0 amide bonds.